The molecule has 6 aromatic rings. The number of esters is 1. The Morgan fingerprint density at radius 1 is 0.775 bits per heavy atom. The van der Waals surface area contributed by atoms with Crippen LogP contribution in [0.5, 0.6) is 0 Å². The summed E-state index contributed by atoms with van der Waals surface area (Å²) in [6.45, 7) is 2.13. The SMILES string of the molecule is CCCCc1c(C(=O)c2ccccc2)c(C(=O)OC)cc2c(-c3cccc4ccccc34)nc3ccccc3c12. The van der Waals surface area contributed by atoms with Crippen LogP contribution in [-0.4, -0.2) is 23.8 Å². The predicted octanol–water partition coefficient (Wildman–Crippen LogP) is 8.57. The van der Waals surface area contributed by atoms with E-state index in [1.807, 2.05) is 60.7 Å². The van der Waals surface area contributed by atoms with E-state index in [-0.39, 0.29) is 11.3 Å². The molecule has 0 aliphatic rings. The minimum absolute atomic E-state index is 0.179. The average Bonchev–Trinajstić information content (AvgIpc) is 3.02. The molecule has 0 radical (unpaired) electrons. The van der Waals surface area contributed by atoms with Gasteiger partial charge in [-0.15, -0.1) is 0 Å². The zero-order chi connectivity index (χ0) is 27.6. The van der Waals surface area contributed by atoms with Gasteiger partial charge in [-0.1, -0.05) is 104 Å². The number of benzene rings is 5. The number of para-hydroxylation sites is 1. The number of aromatic nitrogens is 1. The molecule has 40 heavy (non-hydrogen) atoms. The maximum Gasteiger partial charge on any atom is 0.338 e. The Morgan fingerprint density at radius 2 is 1.48 bits per heavy atom. The average molecular weight is 524 g/mol. The van der Waals surface area contributed by atoms with E-state index >= 15 is 0 Å². The normalized spacial score (nSPS) is 11.2. The van der Waals surface area contributed by atoms with Crippen molar-refractivity contribution in [2.75, 3.05) is 7.11 Å². The third kappa shape index (κ3) is 4.32. The number of ether oxygens (including phenoxy) is 1. The first-order chi connectivity index (χ1) is 19.6. The molecule has 1 aromatic heterocycles. The highest BCUT2D eigenvalue weighted by atomic mass is 16.5. The van der Waals surface area contributed by atoms with Crippen LogP contribution in [0.3, 0.4) is 0 Å². The largest absolute Gasteiger partial charge is 0.465 e. The van der Waals surface area contributed by atoms with E-state index in [1.54, 1.807) is 12.1 Å². The molecule has 0 bridgehead atoms. The third-order valence-corrected chi connectivity index (χ3v) is 7.59. The van der Waals surface area contributed by atoms with E-state index in [0.29, 0.717) is 17.5 Å². The number of hydrogen-bond acceptors (Lipinski definition) is 4. The van der Waals surface area contributed by atoms with E-state index in [2.05, 4.69) is 37.3 Å². The van der Waals surface area contributed by atoms with Crippen molar-refractivity contribution in [3.63, 3.8) is 0 Å². The number of unbranched alkanes of at least 4 members (excludes halogenated alkanes) is 1. The van der Waals surface area contributed by atoms with Crippen molar-refractivity contribution in [1.82, 2.24) is 4.98 Å². The lowest BCUT2D eigenvalue weighted by Gasteiger charge is -2.20. The molecule has 0 atom stereocenters. The van der Waals surface area contributed by atoms with Gasteiger partial charge in [-0.3, -0.25) is 4.79 Å². The van der Waals surface area contributed by atoms with Gasteiger partial charge in [0.1, 0.15) is 0 Å². The van der Waals surface area contributed by atoms with Crippen LogP contribution >= 0.6 is 0 Å². The molecule has 0 spiro atoms. The first-order valence-corrected chi connectivity index (χ1v) is 13.7. The van der Waals surface area contributed by atoms with E-state index in [4.69, 9.17) is 9.72 Å². The van der Waals surface area contributed by atoms with Gasteiger partial charge in [0.05, 0.1) is 23.9 Å². The van der Waals surface area contributed by atoms with E-state index < -0.39 is 5.97 Å². The monoisotopic (exact) mass is 523 g/mol. The zero-order valence-corrected chi connectivity index (χ0v) is 22.6. The molecule has 1 heterocycles. The zero-order valence-electron chi connectivity index (χ0n) is 22.6. The van der Waals surface area contributed by atoms with Crippen molar-refractivity contribution in [2.24, 2.45) is 0 Å². The van der Waals surface area contributed by atoms with Crippen LogP contribution in [0.4, 0.5) is 0 Å². The van der Waals surface area contributed by atoms with Crippen LogP contribution in [0, 0.1) is 0 Å². The fraction of sp³-hybridized carbons (Fsp3) is 0.139. The number of pyridine rings is 1. The molecule has 0 saturated carbocycles. The summed E-state index contributed by atoms with van der Waals surface area (Å²) in [7, 11) is 1.36. The van der Waals surface area contributed by atoms with Gasteiger partial charge in [0, 0.05) is 27.5 Å². The van der Waals surface area contributed by atoms with Crippen molar-refractivity contribution >= 4 is 44.2 Å². The van der Waals surface area contributed by atoms with Crippen molar-refractivity contribution in [3.8, 4) is 11.3 Å². The molecule has 0 saturated heterocycles. The summed E-state index contributed by atoms with van der Waals surface area (Å²) >= 11 is 0. The summed E-state index contributed by atoms with van der Waals surface area (Å²) in [5, 5.41) is 4.96. The molecule has 5 aromatic carbocycles. The van der Waals surface area contributed by atoms with Gasteiger partial charge in [0.25, 0.3) is 0 Å². The third-order valence-electron chi connectivity index (χ3n) is 7.59. The number of carbonyl (C=O) groups is 2. The second-order valence-electron chi connectivity index (χ2n) is 9.99. The van der Waals surface area contributed by atoms with Crippen LogP contribution < -0.4 is 0 Å². The number of methoxy groups -OCH3 is 1. The van der Waals surface area contributed by atoms with Gasteiger partial charge in [0.2, 0.25) is 0 Å². The molecule has 196 valence electrons. The van der Waals surface area contributed by atoms with E-state index in [1.165, 1.54) is 7.11 Å². The molecule has 0 aliphatic heterocycles. The lowest BCUT2D eigenvalue weighted by atomic mass is 9.84. The Bertz CT molecular complexity index is 1900. The highest BCUT2D eigenvalue weighted by molar-refractivity contribution is 6.23. The Kier molecular flexibility index (Phi) is 6.83. The van der Waals surface area contributed by atoms with E-state index in [0.717, 1.165) is 62.1 Å². The molecule has 0 unspecified atom stereocenters. The lowest BCUT2D eigenvalue weighted by molar-refractivity contribution is 0.0597. The highest BCUT2D eigenvalue weighted by Crippen LogP contribution is 2.40. The van der Waals surface area contributed by atoms with E-state index in [9.17, 15) is 9.59 Å². The van der Waals surface area contributed by atoms with Crippen LogP contribution in [0.1, 0.15) is 51.6 Å². The standard InChI is InChI=1S/C36H29NO3/c1-3-4-17-28-32-27-19-10-11-21-31(27)37-34(26-20-12-16-23-13-8-9-18-25(23)26)29(32)22-30(36(39)40-2)33(28)35(38)24-14-6-5-7-15-24/h5-16,18-22H,3-4,17H2,1-2H3. The fourth-order valence-corrected chi connectivity index (χ4v) is 5.70. The minimum Gasteiger partial charge on any atom is -0.465 e. The summed E-state index contributed by atoms with van der Waals surface area (Å²) < 4.78 is 5.26. The maximum absolute atomic E-state index is 14.2. The molecule has 0 aliphatic carbocycles. The molecule has 0 amide bonds. The lowest BCUT2D eigenvalue weighted by Crippen LogP contribution is -2.16. The first-order valence-electron chi connectivity index (χ1n) is 13.7. The fourth-order valence-electron chi connectivity index (χ4n) is 5.70. The van der Waals surface area contributed by atoms with Crippen LogP contribution in [0.25, 0.3) is 43.7 Å². The van der Waals surface area contributed by atoms with Crippen LogP contribution in [0.15, 0.2) is 103 Å². The van der Waals surface area contributed by atoms with Gasteiger partial charge in [0.15, 0.2) is 5.78 Å². The summed E-state index contributed by atoms with van der Waals surface area (Å²) in [4.78, 5) is 32.7. The maximum atomic E-state index is 14.2. The predicted molar refractivity (Wildman–Crippen MR) is 162 cm³/mol. The number of aryl methyl sites for hydroxylation is 1. The molecule has 0 fully saturated rings. The Labute approximate surface area is 233 Å². The van der Waals surface area contributed by atoms with Gasteiger partial charge < -0.3 is 4.74 Å². The summed E-state index contributed by atoms with van der Waals surface area (Å²) in [5.41, 5.74) is 4.71. The Hall–Kier alpha value is -4.83. The molecule has 6 rings (SSSR count). The molecular weight excluding hydrogens is 494 g/mol. The minimum atomic E-state index is -0.532. The van der Waals surface area contributed by atoms with Crippen molar-refractivity contribution in [2.45, 2.75) is 26.2 Å². The van der Waals surface area contributed by atoms with Crippen LogP contribution in [0.2, 0.25) is 0 Å². The summed E-state index contributed by atoms with van der Waals surface area (Å²) in [6, 6.07) is 33.5. The Balaban J connectivity index is 1.81. The van der Waals surface area contributed by atoms with Crippen LogP contribution in [-0.2, 0) is 11.2 Å². The highest BCUT2D eigenvalue weighted by Gasteiger charge is 2.27. The number of rotatable bonds is 7. The number of carbonyl (C=O) groups excluding carboxylic acids is 2. The van der Waals surface area contributed by atoms with Crippen molar-refractivity contribution in [1.29, 1.82) is 0 Å². The molecular formula is C36H29NO3. The number of hydrogen-bond donors (Lipinski definition) is 0. The van der Waals surface area contributed by atoms with Crippen molar-refractivity contribution in [3.05, 3.63) is 125 Å². The molecule has 4 nitrogen and oxygen atoms in total. The topological polar surface area (TPSA) is 56.3 Å². The number of fused-ring (bicyclic) bond motifs is 4. The second kappa shape index (κ2) is 10.7. The first kappa shape index (κ1) is 25.4. The van der Waals surface area contributed by atoms with Gasteiger partial charge >= 0.3 is 5.97 Å². The molecule has 0 N–H and O–H groups in total. The van der Waals surface area contributed by atoms with Gasteiger partial charge in [-0.05, 0) is 46.7 Å². The van der Waals surface area contributed by atoms with Gasteiger partial charge in [-0.2, -0.15) is 0 Å². The summed E-state index contributed by atoms with van der Waals surface area (Å²) in [5.74, 6) is -0.711. The summed E-state index contributed by atoms with van der Waals surface area (Å²) in [6.07, 6.45) is 2.46. The number of nitrogens with zero attached hydrogens (tertiary/aromatic N) is 1. The van der Waals surface area contributed by atoms with Gasteiger partial charge in [-0.25, -0.2) is 9.78 Å². The second-order valence-corrected chi connectivity index (χ2v) is 9.99. The molecule has 4 heteroatoms. The Morgan fingerprint density at radius 3 is 2.25 bits per heavy atom. The quantitative estimate of drug-likeness (QED) is 0.119. The smallest absolute Gasteiger partial charge is 0.338 e. The number of ketones is 1. The van der Waals surface area contributed by atoms with Crippen molar-refractivity contribution < 1.29 is 14.3 Å².